The topological polar surface area (TPSA) is 164 Å². The lowest BCUT2D eigenvalue weighted by molar-refractivity contribution is -0.385. The highest BCUT2D eigenvalue weighted by Crippen LogP contribution is 2.22. The molecule has 0 bridgehead atoms. The second-order valence-corrected chi connectivity index (χ2v) is 5.60. The van der Waals surface area contributed by atoms with Crippen molar-refractivity contribution in [2.45, 2.75) is 6.54 Å². The van der Waals surface area contributed by atoms with E-state index in [2.05, 4.69) is 4.98 Å². The van der Waals surface area contributed by atoms with Crippen LogP contribution in [0.25, 0.3) is 10.9 Å². The Labute approximate surface area is 150 Å². The predicted molar refractivity (Wildman–Crippen MR) is 93.4 cm³/mol. The van der Waals surface area contributed by atoms with E-state index >= 15 is 0 Å². The Morgan fingerprint density at radius 2 is 1.85 bits per heavy atom. The second kappa shape index (κ2) is 6.63. The number of nitro groups is 2. The lowest BCUT2D eigenvalue weighted by Crippen LogP contribution is -2.22. The summed E-state index contributed by atoms with van der Waals surface area (Å²) in [4.78, 5) is 48.6. The maximum atomic E-state index is 12.6. The first-order valence-corrected chi connectivity index (χ1v) is 7.48. The number of carbonyl (C=O) groups excluding carboxylic acids is 1. The zero-order valence-electron chi connectivity index (χ0n) is 13.6. The molecule has 11 nitrogen and oxygen atoms in total. The number of carbonyl (C=O) groups is 1. The molecule has 3 aromatic rings. The van der Waals surface area contributed by atoms with Crippen LogP contribution in [-0.4, -0.2) is 25.3 Å². The van der Waals surface area contributed by atoms with Crippen molar-refractivity contribution in [3.05, 3.63) is 84.4 Å². The average Bonchev–Trinajstić information content (AvgIpc) is 2.63. The van der Waals surface area contributed by atoms with Gasteiger partial charge in [-0.2, -0.15) is 0 Å². The number of nitrogens with two attached hydrogens (primary N) is 1. The summed E-state index contributed by atoms with van der Waals surface area (Å²) >= 11 is 0. The van der Waals surface area contributed by atoms with Crippen molar-refractivity contribution in [3.8, 4) is 0 Å². The van der Waals surface area contributed by atoms with E-state index in [4.69, 9.17) is 5.73 Å². The van der Waals surface area contributed by atoms with E-state index in [9.17, 15) is 29.8 Å². The van der Waals surface area contributed by atoms with Gasteiger partial charge in [0.25, 0.3) is 16.9 Å². The molecule has 1 aromatic heterocycles. The monoisotopic (exact) mass is 369 g/mol. The van der Waals surface area contributed by atoms with Crippen molar-refractivity contribution in [1.29, 1.82) is 0 Å². The Morgan fingerprint density at radius 3 is 2.48 bits per heavy atom. The predicted octanol–water partition coefficient (Wildman–Crippen LogP) is 1.36. The molecule has 2 aromatic carbocycles. The summed E-state index contributed by atoms with van der Waals surface area (Å²) in [6.45, 7) is -0.173. The number of non-ortho nitro benzene ring substituents is 1. The van der Waals surface area contributed by atoms with Gasteiger partial charge in [-0.05, 0) is 18.2 Å². The molecular formula is C16H11N5O6. The summed E-state index contributed by atoms with van der Waals surface area (Å²) < 4.78 is 1.14. The number of hydrogen-bond donors (Lipinski definition) is 1. The van der Waals surface area contributed by atoms with Crippen molar-refractivity contribution in [3.63, 3.8) is 0 Å². The first-order valence-electron chi connectivity index (χ1n) is 7.48. The van der Waals surface area contributed by atoms with E-state index in [1.54, 1.807) is 0 Å². The van der Waals surface area contributed by atoms with Crippen LogP contribution in [0.1, 0.15) is 15.9 Å². The van der Waals surface area contributed by atoms with E-state index < -0.39 is 21.3 Å². The molecule has 2 N–H and O–H groups in total. The summed E-state index contributed by atoms with van der Waals surface area (Å²) in [5, 5.41) is 22.2. The molecule has 0 saturated carbocycles. The minimum Gasteiger partial charge on any atom is -0.366 e. The fourth-order valence-corrected chi connectivity index (χ4v) is 2.58. The minimum atomic E-state index is -0.809. The number of benzene rings is 2. The first-order chi connectivity index (χ1) is 12.8. The number of primary amides is 1. The molecule has 1 amide bonds. The summed E-state index contributed by atoms with van der Waals surface area (Å²) in [6, 6.07) is 7.34. The van der Waals surface area contributed by atoms with Crippen LogP contribution in [0.15, 0.2) is 47.5 Å². The maximum Gasteiger partial charge on any atom is 0.275 e. The lowest BCUT2D eigenvalue weighted by Gasteiger charge is -2.08. The quantitative estimate of drug-likeness (QED) is 0.523. The zero-order valence-corrected chi connectivity index (χ0v) is 13.6. The number of aromatic nitrogens is 2. The third kappa shape index (κ3) is 3.33. The Bertz CT molecular complexity index is 1170. The van der Waals surface area contributed by atoms with Crippen molar-refractivity contribution < 1.29 is 14.6 Å². The molecule has 11 heteroatoms. The fraction of sp³-hybridized carbons (Fsp3) is 0.0625. The highest BCUT2D eigenvalue weighted by molar-refractivity contribution is 5.93. The van der Waals surface area contributed by atoms with Crippen molar-refractivity contribution in [2.24, 2.45) is 5.73 Å². The van der Waals surface area contributed by atoms with E-state index in [0.717, 1.165) is 17.0 Å². The van der Waals surface area contributed by atoms with Crippen molar-refractivity contribution >= 4 is 28.2 Å². The van der Waals surface area contributed by atoms with Crippen LogP contribution in [0.5, 0.6) is 0 Å². The minimum absolute atomic E-state index is 0.0262. The Hall–Kier alpha value is -4.15. The van der Waals surface area contributed by atoms with Crippen LogP contribution in [0.3, 0.4) is 0 Å². The smallest absolute Gasteiger partial charge is 0.275 e. The van der Waals surface area contributed by atoms with Gasteiger partial charge in [-0.1, -0.05) is 0 Å². The fourth-order valence-electron chi connectivity index (χ4n) is 2.58. The number of amides is 1. The van der Waals surface area contributed by atoms with E-state index in [0.29, 0.717) is 0 Å². The Kier molecular flexibility index (Phi) is 4.34. The van der Waals surface area contributed by atoms with Crippen LogP contribution in [0.4, 0.5) is 11.4 Å². The maximum absolute atomic E-state index is 12.6. The SMILES string of the molecule is NC(=O)c1ccc(Cn2cnc3cc([N+](=O)[O-])ccc3c2=O)c([N+](=O)[O-])c1. The van der Waals surface area contributed by atoms with Gasteiger partial charge in [-0.15, -0.1) is 0 Å². The second-order valence-electron chi connectivity index (χ2n) is 5.60. The normalized spacial score (nSPS) is 10.7. The van der Waals surface area contributed by atoms with Crippen LogP contribution >= 0.6 is 0 Å². The molecular weight excluding hydrogens is 358 g/mol. The highest BCUT2D eigenvalue weighted by atomic mass is 16.6. The molecule has 136 valence electrons. The van der Waals surface area contributed by atoms with Crippen molar-refractivity contribution in [1.82, 2.24) is 9.55 Å². The molecule has 3 rings (SSSR count). The summed E-state index contributed by atoms with van der Waals surface area (Å²) in [7, 11) is 0. The number of hydrogen-bond acceptors (Lipinski definition) is 7. The number of nitro benzene ring substituents is 2. The Balaban J connectivity index is 2.07. The van der Waals surface area contributed by atoms with E-state index in [1.165, 1.54) is 30.3 Å². The van der Waals surface area contributed by atoms with Gasteiger partial charge in [0, 0.05) is 29.3 Å². The first kappa shape index (κ1) is 17.7. The summed E-state index contributed by atoms with van der Waals surface area (Å²) in [5.41, 5.74) is 4.35. The third-order valence-corrected chi connectivity index (χ3v) is 3.93. The average molecular weight is 369 g/mol. The Morgan fingerprint density at radius 1 is 1.11 bits per heavy atom. The number of rotatable bonds is 5. The van der Waals surface area contributed by atoms with Gasteiger partial charge in [-0.3, -0.25) is 34.4 Å². The summed E-state index contributed by atoms with van der Waals surface area (Å²) in [5.74, 6) is -0.809. The highest BCUT2D eigenvalue weighted by Gasteiger charge is 2.18. The number of fused-ring (bicyclic) bond motifs is 1. The van der Waals surface area contributed by atoms with Gasteiger partial charge in [0.1, 0.15) is 0 Å². The van der Waals surface area contributed by atoms with Gasteiger partial charge in [0.05, 0.1) is 33.6 Å². The van der Waals surface area contributed by atoms with Crippen LogP contribution in [-0.2, 0) is 6.54 Å². The van der Waals surface area contributed by atoms with Gasteiger partial charge >= 0.3 is 0 Å². The van der Waals surface area contributed by atoms with Crippen LogP contribution in [0, 0.1) is 20.2 Å². The third-order valence-electron chi connectivity index (χ3n) is 3.93. The van der Waals surface area contributed by atoms with Gasteiger partial charge in [0.15, 0.2) is 0 Å². The van der Waals surface area contributed by atoms with Gasteiger partial charge < -0.3 is 5.73 Å². The largest absolute Gasteiger partial charge is 0.366 e. The van der Waals surface area contributed by atoms with Crippen LogP contribution in [0.2, 0.25) is 0 Å². The number of nitrogens with zero attached hydrogens (tertiary/aromatic N) is 4. The molecule has 0 aliphatic carbocycles. The summed E-state index contributed by atoms with van der Waals surface area (Å²) in [6.07, 6.45) is 1.15. The van der Waals surface area contributed by atoms with Crippen LogP contribution < -0.4 is 11.3 Å². The lowest BCUT2D eigenvalue weighted by atomic mass is 10.1. The molecule has 0 unspecified atom stereocenters. The van der Waals surface area contributed by atoms with E-state index in [1.807, 2.05) is 0 Å². The van der Waals surface area contributed by atoms with Gasteiger partial charge in [0.2, 0.25) is 5.91 Å². The van der Waals surface area contributed by atoms with Gasteiger partial charge in [-0.25, -0.2) is 4.98 Å². The molecule has 1 heterocycles. The standard InChI is InChI=1S/C16H11N5O6/c17-15(22)9-1-2-10(14(5-9)21(26)27)7-19-8-18-13-6-11(20(24)25)3-4-12(13)16(19)23/h1-6,8H,7H2,(H2,17,22). The molecule has 0 saturated heterocycles. The van der Waals surface area contributed by atoms with E-state index in [-0.39, 0.29) is 39.9 Å². The molecule has 0 spiro atoms. The molecule has 0 aliphatic rings. The van der Waals surface area contributed by atoms with Crippen molar-refractivity contribution in [2.75, 3.05) is 0 Å². The zero-order chi connectivity index (χ0) is 19.7. The molecule has 0 aliphatic heterocycles. The molecule has 0 radical (unpaired) electrons. The molecule has 0 fully saturated rings. The molecule has 27 heavy (non-hydrogen) atoms. The molecule has 0 atom stereocenters.